The van der Waals surface area contributed by atoms with Crippen LogP contribution in [0.15, 0.2) is 182 Å². The Hall–Kier alpha value is -7.30. The maximum Gasteiger partial charge on any atom is 0.266 e. The van der Waals surface area contributed by atoms with Gasteiger partial charge in [-0.25, -0.2) is 0 Å². The molecule has 3 heterocycles. The van der Waals surface area contributed by atoms with Gasteiger partial charge in [-0.15, -0.1) is 0 Å². The molecule has 13 rings (SSSR count). The lowest BCUT2D eigenvalue weighted by Crippen LogP contribution is -2.61. The Morgan fingerprint density at radius 2 is 1.00 bits per heavy atom. The molecular formula is C54H34BNO2. The fraction of sp³-hybridized carbons (Fsp3) is 0.0370. The highest BCUT2D eigenvalue weighted by molar-refractivity contribution is 7.00. The fourth-order valence-electron chi connectivity index (χ4n) is 10.3. The Kier molecular flexibility index (Phi) is 6.65. The number of rotatable bonds is 2. The molecular weight excluding hydrogens is 705 g/mol. The van der Waals surface area contributed by atoms with Crippen LogP contribution in [0.2, 0.25) is 0 Å². The minimum absolute atomic E-state index is 0.0149. The van der Waals surface area contributed by atoms with E-state index >= 15 is 0 Å². The molecule has 0 N–H and O–H groups in total. The minimum atomic E-state index is 0.0149. The van der Waals surface area contributed by atoms with Gasteiger partial charge in [0.1, 0.15) is 23.0 Å². The van der Waals surface area contributed by atoms with E-state index in [0.29, 0.717) is 0 Å². The average molecular weight is 740 g/mol. The SMILES string of the molecule is c1ccc(N2c3cccc4c3B3c5c(cccc5Oc5cc(-c6ccc7c8c(ccc7c6)-c6ccccc6Cc6ccccc6-c6ccccc6C8)cc2c53)O4)cc1. The normalized spacial score (nSPS) is 13.6. The number of fused-ring (bicyclic) bond motifs is 8. The maximum atomic E-state index is 6.89. The number of hydrogen-bond acceptors (Lipinski definition) is 3. The molecule has 0 saturated carbocycles. The Labute approximate surface area is 337 Å². The molecule has 0 atom stereocenters. The van der Waals surface area contributed by atoms with Crippen LogP contribution in [0.1, 0.15) is 22.3 Å². The lowest BCUT2D eigenvalue weighted by molar-refractivity contribution is 0.464. The molecule has 0 spiro atoms. The molecule has 0 amide bonds. The molecule has 9 aromatic carbocycles. The molecule has 0 radical (unpaired) electrons. The van der Waals surface area contributed by atoms with Gasteiger partial charge < -0.3 is 14.4 Å². The van der Waals surface area contributed by atoms with Crippen LogP contribution in [0.3, 0.4) is 0 Å². The van der Waals surface area contributed by atoms with Crippen LogP contribution in [0, 0.1) is 0 Å². The highest BCUT2D eigenvalue weighted by Crippen LogP contribution is 2.47. The summed E-state index contributed by atoms with van der Waals surface area (Å²) in [5, 5.41) is 2.51. The molecule has 1 aliphatic carbocycles. The zero-order chi connectivity index (χ0) is 37.9. The fourth-order valence-corrected chi connectivity index (χ4v) is 10.3. The smallest absolute Gasteiger partial charge is 0.266 e. The number of para-hydroxylation sites is 1. The molecule has 4 aliphatic rings. The molecule has 0 unspecified atom stereocenters. The average Bonchev–Trinajstić information content (AvgIpc) is 3.27. The first-order valence-corrected chi connectivity index (χ1v) is 20.2. The van der Waals surface area contributed by atoms with Crippen LogP contribution >= 0.6 is 0 Å². The summed E-state index contributed by atoms with van der Waals surface area (Å²) in [4.78, 5) is 2.39. The molecule has 0 aromatic heterocycles. The monoisotopic (exact) mass is 739 g/mol. The summed E-state index contributed by atoms with van der Waals surface area (Å²) < 4.78 is 13.5. The molecule has 58 heavy (non-hydrogen) atoms. The number of benzene rings is 9. The van der Waals surface area contributed by atoms with Crippen molar-refractivity contribution in [2.45, 2.75) is 12.8 Å². The van der Waals surface area contributed by atoms with Crippen molar-refractivity contribution in [3.63, 3.8) is 0 Å². The summed E-state index contributed by atoms with van der Waals surface area (Å²) >= 11 is 0. The molecule has 270 valence electrons. The molecule has 4 heteroatoms. The molecule has 0 bridgehead atoms. The summed E-state index contributed by atoms with van der Waals surface area (Å²) in [6.07, 6.45) is 1.72. The van der Waals surface area contributed by atoms with Crippen molar-refractivity contribution in [2.24, 2.45) is 0 Å². The van der Waals surface area contributed by atoms with Crippen LogP contribution in [0.5, 0.6) is 23.0 Å². The second kappa shape index (κ2) is 12.1. The van der Waals surface area contributed by atoms with Crippen molar-refractivity contribution in [3.05, 3.63) is 204 Å². The van der Waals surface area contributed by atoms with Gasteiger partial charge >= 0.3 is 0 Å². The predicted octanol–water partition coefficient (Wildman–Crippen LogP) is 11.8. The van der Waals surface area contributed by atoms with Gasteiger partial charge in [-0.1, -0.05) is 127 Å². The van der Waals surface area contributed by atoms with E-state index in [-0.39, 0.29) is 6.71 Å². The van der Waals surface area contributed by atoms with E-state index in [4.69, 9.17) is 9.47 Å². The van der Waals surface area contributed by atoms with Crippen molar-refractivity contribution in [1.82, 2.24) is 0 Å². The van der Waals surface area contributed by atoms with Gasteiger partial charge in [-0.2, -0.15) is 0 Å². The summed E-state index contributed by atoms with van der Waals surface area (Å²) in [6, 6.07) is 66.6. The highest BCUT2D eigenvalue weighted by atomic mass is 16.5. The predicted molar refractivity (Wildman–Crippen MR) is 238 cm³/mol. The summed E-state index contributed by atoms with van der Waals surface area (Å²) in [5.41, 5.74) is 19.8. The number of ether oxygens (including phenoxy) is 2. The lowest BCUT2D eigenvalue weighted by atomic mass is 9.33. The van der Waals surface area contributed by atoms with Gasteiger partial charge in [-0.3, -0.25) is 0 Å². The molecule has 0 fully saturated rings. The van der Waals surface area contributed by atoms with Crippen LogP contribution < -0.4 is 30.8 Å². The quantitative estimate of drug-likeness (QED) is 0.165. The summed E-state index contributed by atoms with van der Waals surface area (Å²) in [6.45, 7) is 0.0149. The Morgan fingerprint density at radius 3 is 1.74 bits per heavy atom. The first kappa shape index (κ1) is 31.9. The van der Waals surface area contributed by atoms with Crippen molar-refractivity contribution in [2.75, 3.05) is 4.90 Å². The second-order valence-electron chi connectivity index (χ2n) is 15.9. The second-order valence-corrected chi connectivity index (χ2v) is 15.9. The van der Waals surface area contributed by atoms with Gasteiger partial charge in [0.2, 0.25) is 0 Å². The van der Waals surface area contributed by atoms with Gasteiger partial charge in [-0.05, 0) is 145 Å². The summed E-state index contributed by atoms with van der Waals surface area (Å²) in [7, 11) is 0. The first-order valence-electron chi connectivity index (χ1n) is 20.2. The third kappa shape index (κ3) is 4.57. The Morgan fingerprint density at radius 1 is 0.397 bits per heavy atom. The largest absolute Gasteiger partial charge is 0.458 e. The Balaban J connectivity index is 1.01. The van der Waals surface area contributed by atoms with E-state index in [9.17, 15) is 0 Å². The van der Waals surface area contributed by atoms with Gasteiger partial charge in [0.05, 0.1) is 0 Å². The molecule has 3 nitrogen and oxygen atoms in total. The van der Waals surface area contributed by atoms with Crippen LogP contribution in [0.25, 0.3) is 44.2 Å². The molecule has 0 saturated heterocycles. The van der Waals surface area contributed by atoms with Gasteiger partial charge in [0.25, 0.3) is 6.71 Å². The van der Waals surface area contributed by atoms with Gasteiger partial charge in [0.15, 0.2) is 0 Å². The molecule has 9 aromatic rings. The van der Waals surface area contributed by atoms with Crippen molar-refractivity contribution in [3.8, 4) is 56.4 Å². The van der Waals surface area contributed by atoms with Crippen molar-refractivity contribution in [1.29, 1.82) is 0 Å². The zero-order valence-corrected chi connectivity index (χ0v) is 31.6. The van der Waals surface area contributed by atoms with E-state index in [1.807, 2.05) is 6.07 Å². The lowest BCUT2D eigenvalue weighted by Gasteiger charge is -2.43. The van der Waals surface area contributed by atoms with Crippen LogP contribution in [-0.2, 0) is 12.8 Å². The topological polar surface area (TPSA) is 21.7 Å². The standard InChI is InChI=1S/C54H34BNO2/c1-2-15-39(16-3-1)56-46-20-10-21-48-52(46)55-53-47(56)31-38(32-51(53)58-50-23-11-22-49(57-48)54(50)55)33-24-26-43-37(28-33)25-27-44-42-19-9-5-13-35(42)29-34-12-4-7-17-40(34)41-18-8-6-14-36(41)30-45(43)44/h1-28,31-32H,29-30H2. The maximum absolute atomic E-state index is 6.89. The summed E-state index contributed by atoms with van der Waals surface area (Å²) in [5.74, 6) is 3.52. The third-order valence-corrected chi connectivity index (χ3v) is 12.8. The van der Waals surface area contributed by atoms with Crippen LogP contribution in [0.4, 0.5) is 17.1 Å². The first-order chi connectivity index (χ1) is 28.7. The highest BCUT2D eigenvalue weighted by Gasteiger charge is 2.47. The van der Waals surface area contributed by atoms with E-state index in [1.54, 1.807) is 0 Å². The number of hydrogen-bond donors (Lipinski definition) is 0. The van der Waals surface area contributed by atoms with Crippen molar-refractivity contribution < 1.29 is 9.47 Å². The minimum Gasteiger partial charge on any atom is -0.458 e. The Bertz CT molecular complexity index is 3210. The number of nitrogens with zero attached hydrogens (tertiary/aromatic N) is 1. The van der Waals surface area contributed by atoms with E-state index in [2.05, 4.69) is 181 Å². The zero-order valence-electron chi connectivity index (χ0n) is 31.6. The molecule has 3 aliphatic heterocycles. The van der Waals surface area contributed by atoms with Gasteiger partial charge in [0, 0.05) is 22.5 Å². The van der Waals surface area contributed by atoms with E-state index in [0.717, 1.165) is 69.5 Å². The number of anilines is 3. The van der Waals surface area contributed by atoms with Crippen LogP contribution in [-0.4, -0.2) is 6.71 Å². The third-order valence-electron chi connectivity index (χ3n) is 12.8. The van der Waals surface area contributed by atoms with E-state index in [1.165, 1.54) is 66.2 Å². The van der Waals surface area contributed by atoms with E-state index < -0.39 is 0 Å². The van der Waals surface area contributed by atoms with Crippen molar-refractivity contribution >= 4 is 50.9 Å².